The van der Waals surface area contributed by atoms with Crippen molar-refractivity contribution >= 4 is 18.5 Å². The molecule has 1 saturated heterocycles. The molecule has 3 nitrogen and oxygen atoms in total. The van der Waals surface area contributed by atoms with Gasteiger partial charge in [0, 0.05) is 11.4 Å². The van der Waals surface area contributed by atoms with Crippen LogP contribution in [0, 0.1) is 11.2 Å². The van der Waals surface area contributed by atoms with Crippen LogP contribution in [0.2, 0.25) is 0 Å². The molecule has 0 aliphatic carbocycles. The van der Waals surface area contributed by atoms with Crippen molar-refractivity contribution in [3.05, 3.63) is 29.6 Å². The summed E-state index contributed by atoms with van der Waals surface area (Å²) in [5.74, 6) is -0.868. The summed E-state index contributed by atoms with van der Waals surface area (Å²) < 4.78 is 13.6. The van der Waals surface area contributed by atoms with E-state index in [-0.39, 0.29) is 16.9 Å². The Morgan fingerprint density at radius 1 is 1.45 bits per heavy atom. The van der Waals surface area contributed by atoms with Crippen molar-refractivity contribution in [1.29, 1.82) is 0 Å². The Bertz CT molecular complexity index is 499. The second kappa shape index (κ2) is 6.14. The van der Waals surface area contributed by atoms with Crippen LogP contribution < -0.4 is 5.32 Å². The van der Waals surface area contributed by atoms with Gasteiger partial charge in [0.05, 0.1) is 5.56 Å². The normalized spacial score (nSPS) is 18.8. The molecule has 1 fully saturated rings. The molecule has 1 aromatic carbocycles. The SMILES string of the molecule is CN1CCC(C)(CNC(=O)c2cc(S)ccc2F)CC1. The summed E-state index contributed by atoms with van der Waals surface area (Å²) in [5.41, 5.74) is 0.158. The van der Waals surface area contributed by atoms with Gasteiger partial charge in [-0.25, -0.2) is 4.39 Å². The molecule has 0 saturated carbocycles. The van der Waals surface area contributed by atoms with Crippen molar-refractivity contribution in [2.24, 2.45) is 5.41 Å². The summed E-state index contributed by atoms with van der Waals surface area (Å²) >= 11 is 4.14. The van der Waals surface area contributed by atoms with E-state index >= 15 is 0 Å². The van der Waals surface area contributed by atoms with E-state index in [9.17, 15) is 9.18 Å². The number of hydrogen-bond donors (Lipinski definition) is 2. The lowest BCUT2D eigenvalue weighted by Crippen LogP contribution is -2.43. The van der Waals surface area contributed by atoms with Gasteiger partial charge >= 0.3 is 0 Å². The van der Waals surface area contributed by atoms with Crippen molar-refractivity contribution in [3.8, 4) is 0 Å². The minimum absolute atomic E-state index is 0.0639. The van der Waals surface area contributed by atoms with E-state index in [4.69, 9.17) is 0 Å². The molecule has 2 rings (SSSR count). The number of thiol groups is 1. The van der Waals surface area contributed by atoms with Crippen LogP contribution in [0.5, 0.6) is 0 Å². The van der Waals surface area contributed by atoms with E-state index in [1.165, 1.54) is 18.2 Å². The van der Waals surface area contributed by atoms with Gasteiger partial charge in [-0.3, -0.25) is 4.79 Å². The number of amides is 1. The Hall–Kier alpha value is -1.07. The summed E-state index contributed by atoms with van der Waals surface area (Å²) in [6.45, 7) is 4.82. The molecule has 0 radical (unpaired) electrons. The van der Waals surface area contributed by atoms with E-state index in [1.54, 1.807) is 0 Å². The number of rotatable bonds is 3. The van der Waals surface area contributed by atoms with Gasteiger partial charge in [-0.1, -0.05) is 6.92 Å². The van der Waals surface area contributed by atoms with Crippen molar-refractivity contribution in [1.82, 2.24) is 10.2 Å². The molecule has 1 aliphatic rings. The van der Waals surface area contributed by atoms with Gasteiger partial charge < -0.3 is 10.2 Å². The van der Waals surface area contributed by atoms with Crippen molar-refractivity contribution in [2.45, 2.75) is 24.7 Å². The summed E-state index contributed by atoms with van der Waals surface area (Å²) in [5, 5.41) is 2.86. The van der Waals surface area contributed by atoms with Crippen molar-refractivity contribution in [2.75, 3.05) is 26.7 Å². The quantitative estimate of drug-likeness (QED) is 0.840. The van der Waals surface area contributed by atoms with Crippen LogP contribution in [0.4, 0.5) is 4.39 Å². The molecular formula is C15H21FN2OS. The maximum Gasteiger partial charge on any atom is 0.254 e. The highest BCUT2D eigenvalue weighted by molar-refractivity contribution is 7.80. The second-order valence-corrected chi connectivity index (χ2v) is 6.48. The summed E-state index contributed by atoms with van der Waals surface area (Å²) in [6, 6.07) is 4.27. The molecule has 1 aliphatic heterocycles. The minimum atomic E-state index is -0.506. The second-order valence-electron chi connectivity index (χ2n) is 5.96. The van der Waals surface area contributed by atoms with Crippen LogP contribution in [0.15, 0.2) is 23.1 Å². The third-order valence-electron chi connectivity index (χ3n) is 4.06. The summed E-state index contributed by atoms with van der Waals surface area (Å²) in [6.07, 6.45) is 2.08. The zero-order chi connectivity index (χ0) is 14.8. The van der Waals surface area contributed by atoms with Gasteiger partial charge in [-0.05, 0) is 56.6 Å². The first-order chi connectivity index (χ1) is 9.39. The molecule has 0 bridgehead atoms. The van der Waals surface area contributed by atoms with Gasteiger partial charge in [0.1, 0.15) is 5.82 Å². The fourth-order valence-corrected chi connectivity index (χ4v) is 2.61. The molecule has 0 aromatic heterocycles. The molecule has 1 heterocycles. The van der Waals surface area contributed by atoms with Crippen LogP contribution in [-0.2, 0) is 0 Å². The van der Waals surface area contributed by atoms with E-state index in [2.05, 4.69) is 36.8 Å². The average molecular weight is 296 g/mol. The zero-order valence-corrected chi connectivity index (χ0v) is 12.8. The smallest absolute Gasteiger partial charge is 0.254 e. The lowest BCUT2D eigenvalue weighted by atomic mass is 9.80. The van der Waals surface area contributed by atoms with Gasteiger partial charge in [0.25, 0.3) is 5.91 Å². The predicted molar refractivity (Wildman–Crippen MR) is 80.8 cm³/mol. The largest absolute Gasteiger partial charge is 0.351 e. The third-order valence-corrected chi connectivity index (χ3v) is 4.34. The number of carbonyl (C=O) groups excluding carboxylic acids is 1. The van der Waals surface area contributed by atoms with Crippen molar-refractivity contribution in [3.63, 3.8) is 0 Å². The minimum Gasteiger partial charge on any atom is -0.351 e. The van der Waals surface area contributed by atoms with Crippen LogP contribution in [0.25, 0.3) is 0 Å². The standard InChI is InChI=1S/C15H21FN2OS/c1-15(5-7-18(2)8-6-15)10-17-14(19)12-9-11(20)3-4-13(12)16/h3-4,9,20H,5-8,10H2,1-2H3,(H,17,19). The summed E-state index contributed by atoms with van der Waals surface area (Å²) in [7, 11) is 2.10. The topological polar surface area (TPSA) is 32.3 Å². The van der Waals surface area contributed by atoms with Crippen LogP contribution in [0.3, 0.4) is 0 Å². The number of likely N-dealkylation sites (tertiary alicyclic amines) is 1. The molecule has 110 valence electrons. The molecule has 0 spiro atoms. The lowest BCUT2D eigenvalue weighted by Gasteiger charge is -2.37. The molecule has 20 heavy (non-hydrogen) atoms. The number of benzene rings is 1. The lowest BCUT2D eigenvalue weighted by molar-refractivity contribution is 0.0887. The zero-order valence-electron chi connectivity index (χ0n) is 11.9. The Kier molecular flexibility index (Phi) is 4.70. The highest BCUT2D eigenvalue weighted by atomic mass is 32.1. The molecule has 0 unspecified atom stereocenters. The summed E-state index contributed by atoms with van der Waals surface area (Å²) in [4.78, 5) is 14.9. The first-order valence-electron chi connectivity index (χ1n) is 6.85. The fraction of sp³-hybridized carbons (Fsp3) is 0.533. The molecule has 1 amide bonds. The first kappa shape index (κ1) is 15.3. The molecular weight excluding hydrogens is 275 g/mol. The number of nitrogens with zero attached hydrogens (tertiary/aromatic N) is 1. The number of carbonyl (C=O) groups is 1. The van der Waals surface area contributed by atoms with Gasteiger partial charge in [-0.15, -0.1) is 12.6 Å². The fourth-order valence-electron chi connectivity index (χ4n) is 2.41. The predicted octanol–water partition coefficient (Wildman–Crippen LogP) is 2.58. The highest BCUT2D eigenvalue weighted by Gasteiger charge is 2.29. The van der Waals surface area contributed by atoms with Gasteiger partial charge in [-0.2, -0.15) is 0 Å². The maximum absolute atomic E-state index is 13.6. The Balaban J connectivity index is 1.97. The van der Waals surface area contributed by atoms with E-state index in [0.29, 0.717) is 11.4 Å². The van der Waals surface area contributed by atoms with Crippen LogP contribution >= 0.6 is 12.6 Å². The van der Waals surface area contributed by atoms with E-state index < -0.39 is 5.82 Å². The van der Waals surface area contributed by atoms with Gasteiger partial charge in [0.2, 0.25) is 0 Å². The molecule has 5 heteroatoms. The van der Waals surface area contributed by atoms with Crippen LogP contribution in [0.1, 0.15) is 30.1 Å². The Labute approximate surface area is 125 Å². The van der Waals surface area contributed by atoms with Gasteiger partial charge in [0.15, 0.2) is 0 Å². The molecule has 0 atom stereocenters. The molecule has 1 N–H and O–H groups in total. The Morgan fingerprint density at radius 3 is 2.75 bits per heavy atom. The third kappa shape index (κ3) is 3.73. The first-order valence-corrected chi connectivity index (χ1v) is 7.30. The van der Waals surface area contributed by atoms with E-state index in [1.807, 2.05) is 0 Å². The van der Waals surface area contributed by atoms with Crippen molar-refractivity contribution < 1.29 is 9.18 Å². The monoisotopic (exact) mass is 296 g/mol. The average Bonchev–Trinajstić information content (AvgIpc) is 2.43. The maximum atomic E-state index is 13.6. The Morgan fingerprint density at radius 2 is 2.10 bits per heavy atom. The highest BCUT2D eigenvalue weighted by Crippen LogP contribution is 2.29. The number of piperidine rings is 1. The molecule has 1 aromatic rings. The number of nitrogens with one attached hydrogen (secondary N) is 1. The van der Waals surface area contributed by atoms with Crippen LogP contribution in [-0.4, -0.2) is 37.5 Å². The van der Waals surface area contributed by atoms with E-state index in [0.717, 1.165) is 25.9 Å². The number of hydrogen-bond acceptors (Lipinski definition) is 3. The number of halogens is 1.